The first-order valence-electron chi connectivity index (χ1n) is 12.9. The maximum atomic E-state index is 11.4. The van der Waals surface area contributed by atoms with Gasteiger partial charge in [0.25, 0.3) is 0 Å². The fourth-order valence-corrected chi connectivity index (χ4v) is 6.29. The number of rotatable bonds is 11. The lowest BCUT2D eigenvalue weighted by molar-refractivity contribution is -0.577. The Morgan fingerprint density at radius 3 is 2.50 bits per heavy atom. The predicted molar refractivity (Wildman–Crippen MR) is 119 cm³/mol. The molecule has 0 radical (unpaired) electrons. The van der Waals surface area contributed by atoms with Crippen LogP contribution in [0.2, 0.25) is 0 Å². The maximum absolute atomic E-state index is 11.4. The first-order chi connectivity index (χ1) is 16.2. The van der Waals surface area contributed by atoms with E-state index < -0.39 is 29.6 Å². The molecule has 0 amide bonds. The zero-order valence-corrected chi connectivity index (χ0v) is 20.7. The van der Waals surface area contributed by atoms with Crippen molar-refractivity contribution in [2.45, 2.75) is 109 Å². The highest BCUT2D eigenvalue weighted by Gasteiger charge is 2.69. The van der Waals surface area contributed by atoms with Crippen LogP contribution in [-0.2, 0) is 38.3 Å². The van der Waals surface area contributed by atoms with Gasteiger partial charge in [-0.2, -0.15) is 0 Å². The van der Waals surface area contributed by atoms with E-state index >= 15 is 0 Å². The smallest absolute Gasteiger partial charge is 0.306 e. The number of carbonyl (C=O) groups is 2. The predicted octanol–water partition coefficient (Wildman–Crippen LogP) is 4.18. The van der Waals surface area contributed by atoms with Gasteiger partial charge in [0.15, 0.2) is 18.2 Å². The molecule has 4 aliphatic heterocycles. The minimum absolute atomic E-state index is 0.0777. The van der Waals surface area contributed by atoms with E-state index in [-0.39, 0.29) is 31.0 Å². The van der Waals surface area contributed by atoms with Gasteiger partial charge in [0.2, 0.25) is 5.79 Å². The van der Waals surface area contributed by atoms with Gasteiger partial charge in [-0.05, 0) is 57.3 Å². The molecule has 5 aliphatic rings. The molecule has 1 saturated carbocycles. The van der Waals surface area contributed by atoms with E-state index in [9.17, 15) is 9.59 Å². The summed E-state index contributed by atoms with van der Waals surface area (Å²) in [6.45, 7) is 7.34. The molecule has 1 spiro atoms. The van der Waals surface area contributed by atoms with Crippen LogP contribution in [0.3, 0.4) is 0 Å². The van der Waals surface area contributed by atoms with Gasteiger partial charge in [-0.15, -0.1) is 0 Å². The second kappa shape index (κ2) is 10.8. The van der Waals surface area contributed by atoms with Crippen molar-refractivity contribution in [1.29, 1.82) is 0 Å². The molecule has 1 aliphatic carbocycles. The highest BCUT2D eigenvalue weighted by Crippen LogP contribution is 2.60. The molecule has 4 saturated heterocycles. The summed E-state index contributed by atoms with van der Waals surface area (Å²) >= 11 is 0. The number of unbranched alkanes of at least 4 members (excludes halogenated alkanes) is 3. The number of carboxylic acids is 1. The SMILES string of the molecule is C[C@H]1[C@@H](OCCCCCCOC(=O)CCC(=O)O)O[C@@H]2O[C@@]3(C)CC[C@H]4[C@H](C)CC[C@@H]1[C@@]24OO3. The average Bonchev–Trinajstić information content (AvgIpc) is 3.03. The standard InChI is InChI=1S/C25H40O9/c1-16-8-9-19-17(2)22(30-15-7-5-4-6-14-29-21(28)11-10-20(26)27)31-23-25(19)18(16)12-13-24(3,32-23)33-34-25/h16-19,22-23H,4-15H2,1-3H3,(H,26,27)/t16-,17-,18+,19+,22+,23-,24-,25-/m1/s1. The van der Waals surface area contributed by atoms with Crippen molar-refractivity contribution in [3.05, 3.63) is 0 Å². The van der Waals surface area contributed by atoms with E-state index in [2.05, 4.69) is 13.8 Å². The van der Waals surface area contributed by atoms with Gasteiger partial charge in [-0.1, -0.05) is 20.3 Å². The van der Waals surface area contributed by atoms with Crippen molar-refractivity contribution in [2.75, 3.05) is 13.2 Å². The largest absolute Gasteiger partial charge is 0.481 e. The Labute approximate surface area is 201 Å². The Bertz CT molecular complexity index is 729. The van der Waals surface area contributed by atoms with Gasteiger partial charge < -0.3 is 24.1 Å². The summed E-state index contributed by atoms with van der Waals surface area (Å²) in [5.74, 6) is -0.904. The summed E-state index contributed by atoms with van der Waals surface area (Å²) in [6, 6.07) is 0. The van der Waals surface area contributed by atoms with E-state index in [4.69, 9.17) is 33.8 Å². The second-order valence-electron chi connectivity index (χ2n) is 10.7. The molecule has 9 nitrogen and oxygen atoms in total. The van der Waals surface area contributed by atoms with Gasteiger partial charge in [0.05, 0.1) is 19.4 Å². The molecular weight excluding hydrogens is 444 g/mol. The zero-order valence-electron chi connectivity index (χ0n) is 20.7. The molecule has 4 heterocycles. The van der Waals surface area contributed by atoms with Crippen LogP contribution in [0.15, 0.2) is 0 Å². The molecule has 5 rings (SSSR count). The van der Waals surface area contributed by atoms with Gasteiger partial charge in [0.1, 0.15) is 0 Å². The molecule has 34 heavy (non-hydrogen) atoms. The van der Waals surface area contributed by atoms with Crippen molar-refractivity contribution in [3.8, 4) is 0 Å². The van der Waals surface area contributed by atoms with Gasteiger partial charge in [0, 0.05) is 24.9 Å². The minimum Gasteiger partial charge on any atom is -0.481 e. The van der Waals surface area contributed by atoms with Crippen LogP contribution in [0.4, 0.5) is 0 Å². The fourth-order valence-electron chi connectivity index (χ4n) is 6.29. The third kappa shape index (κ3) is 5.28. The molecular formula is C25H40O9. The molecule has 0 unspecified atom stereocenters. The number of carboxylic acid groups (broad SMARTS) is 1. The number of aliphatic carboxylic acids is 1. The van der Waals surface area contributed by atoms with E-state index in [0.29, 0.717) is 25.0 Å². The Balaban J connectivity index is 1.21. The van der Waals surface area contributed by atoms with Crippen LogP contribution >= 0.6 is 0 Å². The van der Waals surface area contributed by atoms with Crippen molar-refractivity contribution >= 4 is 11.9 Å². The number of hydrogen-bond acceptors (Lipinski definition) is 8. The van der Waals surface area contributed by atoms with Crippen molar-refractivity contribution in [2.24, 2.45) is 23.7 Å². The third-order valence-corrected chi connectivity index (χ3v) is 8.22. The third-order valence-electron chi connectivity index (χ3n) is 8.22. The van der Waals surface area contributed by atoms with E-state index in [1.165, 1.54) is 6.42 Å². The Kier molecular flexibility index (Phi) is 8.19. The summed E-state index contributed by atoms with van der Waals surface area (Å²) in [7, 11) is 0. The van der Waals surface area contributed by atoms with Crippen LogP contribution < -0.4 is 0 Å². The highest BCUT2D eigenvalue weighted by molar-refractivity contribution is 5.76. The van der Waals surface area contributed by atoms with Gasteiger partial charge in [-0.25, -0.2) is 9.78 Å². The van der Waals surface area contributed by atoms with Crippen molar-refractivity contribution in [1.82, 2.24) is 0 Å². The molecule has 0 aromatic carbocycles. The molecule has 5 fully saturated rings. The first-order valence-corrected chi connectivity index (χ1v) is 12.9. The summed E-state index contributed by atoms with van der Waals surface area (Å²) < 4.78 is 24.0. The van der Waals surface area contributed by atoms with Gasteiger partial charge in [-0.3, -0.25) is 9.59 Å². The van der Waals surface area contributed by atoms with Crippen molar-refractivity contribution < 1.29 is 43.4 Å². The first kappa shape index (κ1) is 25.8. The molecule has 0 aromatic heterocycles. The van der Waals surface area contributed by atoms with Crippen LogP contribution in [0.5, 0.6) is 0 Å². The highest BCUT2D eigenvalue weighted by atomic mass is 17.3. The van der Waals surface area contributed by atoms with Crippen LogP contribution in [-0.4, -0.2) is 54.2 Å². The van der Waals surface area contributed by atoms with Gasteiger partial charge >= 0.3 is 11.9 Å². The second-order valence-corrected chi connectivity index (χ2v) is 10.7. The van der Waals surface area contributed by atoms with Crippen LogP contribution in [0.1, 0.15) is 85.0 Å². The Morgan fingerprint density at radius 2 is 1.74 bits per heavy atom. The zero-order chi connectivity index (χ0) is 24.3. The number of ether oxygens (including phenoxy) is 4. The van der Waals surface area contributed by atoms with Crippen LogP contribution in [0.25, 0.3) is 0 Å². The molecule has 194 valence electrons. The number of hydrogen-bond donors (Lipinski definition) is 1. The lowest BCUT2D eigenvalue weighted by Crippen LogP contribution is -2.70. The Hall–Kier alpha value is -1.26. The summed E-state index contributed by atoms with van der Waals surface area (Å²) in [5, 5.41) is 8.58. The summed E-state index contributed by atoms with van der Waals surface area (Å²) in [6.07, 6.45) is 6.45. The monoisotopic (exact) mass is 484 g/mol. The molecule has 1 N–H and O–H groups in total. The lowest BCUT2D eigenvalue weighted by Gasteiger charge is -2.60. The number of esters is 1. The van der Waals surface area contributed by atoms with E-state index in [1.807, 2.05) is 6.92 Å². The van der Waals surface area contributed by atoms with Crippen LogP contribution in [0, 0.1) is 23.7 Å². The lowest BCUT2D eigenvalue weighted by atomic mass is 9.58. The quantitative estimate of drug-likeness (QED) is 0.262. The number of fused-ring (bicyclic) bond motifs is 2. The maximum Gasteiger partial charge on any atom is 0.306 e. The molecule has 8 atom stereocenters. The minimum atomic E-state index is -0.991. The number of carbonyl (C=O) groups excluding carboxylic acids is 1. The average molecular weight is 485 g/mol. The fraction of sp³-hybridized carbons (Fsp3) is 0.920. The Morgan fingerprint density at radius 1 is 0.971 bits per heavy atom. The molecule has 9 heteroatoms. The summed E-state index contributed by atoms with van der Waals surface area (Å²) in [4.78, 5) is 33.9. The normalized spacial score (nSPS) is 40.9. The van der Waals surface area contributed by atoms with Crippen molar-refractivity contribution in [3.63, 3.8) is 0 Å². The topological polar surface area (TPSA) is 110 Å². The molecule has 0 aromatic rings. The summed E-state index contributed by atoms with van der Waals surface area (Å²) in [5.41, 5.74) is -0.561. The van der Waals surface area contributed by atoms with E-state index in [0.717, 1.165) is 44.9 Å². The molecule has 2 bridgehead atoms. The van der Waals surface area contributed by atoms with E-state index in [1.54, 1.807) is 0 Å².